The summed E-state index contributed by atoms with van der Waals surface area (Å²) in [5, 5.41) is 22.5. The van der Waals surface area contributed by atoms with Gasteiger partial charge in [0.25, 0.3) is 0 Å². The molecule has 0 radical (unpaired) electrons. The van der Waals surface area contributed by atoms with Gasteiger partial charge < -0.3 is 20.3 Å². The zero-order valence-electron chi connectivity index (χ0n) is 10.0. The summed E-state index contributed by atoms with van der Waals surface area (Å²) in [5.74, 6) is 0.189. The van der Waals surface area contributed by atoms with E-state index in [4.69, 9.17) is 4.74 Å². The van der Waals surface area contributed by atoms with Crippen LogP contribution >= 0.6 is 0 Å². The molecule has 0 aromatic heterocycles. The van der Waals surface area contributed by atoms with Crippen LogP contribution in [0, 0.1) is 0 Å². The third-order valence-corrected chi connectivity index (χ3v) is 2.43. The van der Waals surface area contributed by atoms with Crippen molar-refractivity contribution in [2.45, 2.75) is 13.0 Å². The average molecular weight is 237 g/mol. The maximum absolute atomic E-state index is 9.66. The van der Waals surface area contributed by atoms with E-state index in [9.17, 15) is 10.2 Å². The molecule has 1 atom stereocenters. The van der Waals surface area contributed by atoms with Gasteiger partial charge in [-0.2, -0.15) is 0 Å². The Balaban J connectivity index is 2.46. The topological polar surface area (TPSA) is 61.7 Å². The summed E-state index contributed by atoms with van der Waals surface area (Å²) in [6.45, 7) is 7.16. The molecule has 0 bridgehead atoms. The first-order chi connectivity index (χ1) is 8.16. The first-order valence-electron chi connectivity index (χ1n) is 5.59. The van der Waals surface area contributed by atoms with Crippen LogP contribution in [0.2, 0.25) is 0 Å². The third-order valence-electron chi connectivity index (χ3n) is 2.43. The molecule has 4 nitrogen and oxygen atoms in total. The van der Waals surface area contributed by atoms with E-state index in [0.717, 1.165) is 0 Å². The second-order valence-electron chi connectivity index (χ2n) is 3.75. The molecule has 0 fully saturated rings. The molecule has 17 heavy (non-hydrogen) atoms. The van der Waals surface area contributed by atoms with Gasteiger partial charge in [0.05, 0.1) is 18.8 Å². The summed E-state index contributed by atoms with van der Waals surface area (Å²) in [5.41, 5.74) is 0.510. The number of benzene rings is 1. The summed E-state index contributed by atoms with van der Waals surface area (Å²) < 4.78 is 5.22. The van der Waals surface area contributed by atoms with E-state index in [1.54, 1.807) is 24.3 Å². The van der Waals surface area contributed by atoms with E-state index in [2.05, 4.69) is 11.9 Å². The fourth-order valence-corrected chi connectivity index (χ4v) is 1.60. The Morgan fingerprint density at radius 1 is 1.41 bits per heavy atom. The van der Waals surface area contributed by atoms with Crippen molar-refractivity contribution in [1.29, 1.82) is 0 Å². The van der Waals surface area contributed by atoms with Gasteiger partial charge in [0.15, 0.2) is 0 Å². The number of phenolic OH excluding ortho intramolecular Hbond substituents is 2. The lowest BCUT2D eigenvalue weighted by Crippen LogP contribution is -2.23. The second-order valence-corrected chi connectivity index (χ2v) is 3.75. The lowest BCUT2D eigenvalue weighted by Gasteiger charge is -2.16. The highest BCUT2D eigenvalue weighted by molar-refractivity contribution is 5.44. The van der Waals surface area contributed by atoms with Crippen LogP contribution in [0.25, 0.3) is 0 Å². The Labute approximate surface area is 102 Å². The quantitative estimate of drug-likeness (QED) is 0.501. The first kappa shape index (κ1) is 13.5. The predicted molar refractivity (Wildman–Crippen MR) is 67.2 cm³/mol. The first-order valence-corrected chi connectivity index (χ1v) is 5.59. The minimum Gasteiger partial charge on any atom is -0.507 e. The number of hydrogen-bond donors (Lipinski definition) is 3. The fourth-order valence-electron chi connectivity index (χ4n) is 1.60. The van der Waals surface area contributed by atoms with Gasteiger partial charge in [0.1, 0.15) is 11.5 Å². The van der Waals surface area contributed by atoms with Crippen LogP contribution in [0.3, 0.4) is 0 Å². The molecule has 1 aromatic rings. The standard InChI is InChI=1S/C13H19NO3/c1-3-8-17-9-7-14-10(2)13-11(15)5-4-6-12(13)16/h3-6,10,14-16H,1,7-9H2,2H3. The van der Waals surface area contributed by atoms with Crippen LogP contribution < -0.4 is 5.32 Å². The number of phenols is 2. The molecule has 0 amide bonds. The van der Waals surface area contributed by atoms with Gasteiger partial charge in [-0.1, -0.05) is 12.1 Å². The van der Waals surface area contributed by atoms with E-state index in [0.29, 0.717) is 25.3 Å². The number of hydrogen-bond acceptors (Lipinski definition) is 4. The van der Waals surface area contributed by atoms with Crippen molar-refractivity contribution in [2.24, 2.45) is 0 Å². The lowest BCUT2D eigenvalue weighted by atomic mass is 10.1. The SMILES string of the molecule is C=CCOCCNC(C)c1c(O)cccc1O. The van der Waals surface area contributed by atoms with Crippen molar-refractivity contribution in [1.82, 2.24) is 5.32 Å². The summed E-state index contributed by atoms with van der Waals surface area (Å²) in [6, 6.07) is 4.58. The molecule has 1 rings (SSSR count). The highest BCUT2D eigenvalue weighted by Crippen LogP contribution is 2.31. The Bertz CT molecular complexity index is 345. The molecule has 1 aromatic carbocycles. The van der Waals surface area contributed by atoms with Gasteiger partial charge in [-0.25, -0.2) is 0 Å². The summed E-state index contributed by atoms with van der Waals surface area (Å²) in [7, 11) is 0. The molecule has 0 saturated carbocycles. The van der Waals surface area contributed by atoms with Gasteiger partial charge in [-0.3, -0.25) is 0 Å². The van der Waals surface area contributed by atoms with Gasteiger partial charge in [0, 0.05) is 12.6 Å². The van der Waals surface area contributed by atoms with Gasteiger partial charge in [-0.05, 0) is 19.1 Å². The Morgan fingerprint density at radius 2 is 2.06 bits per heavy atom. The van der Waals surface area contributed by atoms with Crippen LogP contribution in [-0.2, 0) is 4.74 Å². The highest BCUT2D eigenvalue weighted by Gasteiger charge is 2.13. The maximum Gasteiger partial charge on any atom is 0.124 e. The van der Waals surface area contributed by atoms with Crippen molar-refractivity contribution >= 4 is 0 Å². The Kier molecular flexibility index (Phi) is 5.52. The van der Waals surface area contributed by atoms with Gasteiger partial charge in [0.2, 0.25) is 0 Å². The molecule has 0 spiro atoms. The van der Waals surface area contributed by atoms with Crippen LogP contribution in [0.5, 0.6) is 11.5 Å². The fraction of sp³-hybridized carbons (Fsp3) is 0.385. The minimum absolute atomic E-state index is 0.0945. The average Bonchev–Trinajstić information content (AvgIpc) is 2.28. The highest BCUT2D eigenvalue weighted by atomic mass is 16.5. The Morgan fingerprint density at radius 3 is 2.65 bits per heavy atom. The van der Waals surface area contributed by atoms with Crippen LogP contribution in [-0.4, -0.2) is 30.0 Å². The van der Waals surface area contributed by atoms with Crippen molar-refractivity contribution in [3.05, 3.63) is 36.4 Å². The van der Waals surface area contributed by atoms with E-state index < -0.39 is 0 Å². The molecule has 0 heterocycles. The molecule has 0 aliphatic rings. The minimum atomic E-state index is -0.136. The molecule has 4 heteroatoms. The summed E-state index contributed by atoms with van der Waals surface area (Å²) >= 11 is 0. The number of rotatable bonds is 7. The summed E-state index contributed by atoms with van der Waals surface area (Å²) in [6.07, 6.45) is 1.69. The van der Waals surface area contributed by atoms with Gasteiger partial charge >= 0.3 is 0 Å². The third kappa shape index (κ3) is 4.09. The van der Waals surface area contributed by atoms with E-state index >= 15 is 0 Å². The molecule has 0 aliphatic heterocycles. The van der Waals surface area contributed by atoms with E-state index in [-0.39, 0.29) is 17.5 Å². The normalized spacial score (nSPS) is 12.3. The molecule has 0 aliphatic carbocycles. The Hall–Kier alpha value is -1.52. The lowest BCUT2D eigenvalue weighted by molar-refractivity contribution is 0.161. The molecular weight excluding hydrogens is 218 g/mol. The predicted octanol–water partition coefficient (Wildman–Crippen LogP) is 1.95. The van der Waals surface area contributed by atoms with Crippen LogP contribution in [0.4, 0.5) is 0 Å². The molecule has 0 saturated heterocycles. The van der Waals surface area contributed by atoms with Crippen LogP contribution in [0.15, 0.2) is 30.9 Å². The van der Waals surface area contributed by atoms with Crippen molar-refractivity contribution in [2.75, 3.05) is 19.8 Å². The van der Waals surface area contributed by atoms with Crippen molar-refractivity contribution in [3.8, 4) is 11.5 Å². The number of aromatic hydroxyl groups is 2. The zero-order valence-corrected chi connectivity index (χ0v) is 10.0. The second kappa shape index (κ2) is 6.93. The smallest absolute Gasteiger partial charge is 0.124 e. The molecule has 1 unspecified atom stereocenters. The zero-order chi connectivity index (χ0) is 12.7. The molecule has 3 N–H and O–H groups in total. The van der Waals surface area contributed by atoms with Gasteiger partial charge in [-0.15, -0.1) is 6.58 Å². The number of nitrogens with one attached hydrogen (secondary N) is 1. The maximum atomic E-state index is 9.66. The van der Waals surface area contributed by atoms with E-state index in [1.165, 1.54) is 0 Å². The van der Waals surface area contributed by atoms with E-state index in [1.807, 2.05) is 6.92 Å². The monoisotopic (exact) mass is 237 g/mol. The summed E-state index contributed by atoms with van der Waals surface area (Å²) in [4.78, 5) is 0. The van der Waals surface area contributed by atoms with Crippen molar-refractivity contribution < 1.29 is 14.9 Å². The largest absolute Gasteiger partial charge is 0.507 e. The molecule has 94 valence electrons. The van der Waals surface area contributed by atoms with Crippen LogP contribution in [0.1, 0.15) is 18.5 Å². The number of ether oxygens (including phenoxy) is 1. The van der Waals surface area contributed by atoms with Crippen molar-refractivity contribution in [3.63, 3.8) is 0 Å². The molecular formula is C13H19NO3.